The number of carbonyl (C=O) groups is 1. The molecule has 0 fully saturated rings. The molecular weight excluding hydrogens is 403 g/mol. The van der Waals surface area contributed by atoms with Gasteiger partial charge in [0.25, 0.3) is 5.88 Å². The highest BCUT2D eigenvalue weighted by Gasteiger charge is 2.31. The molecule has 3 rings (SSSR count). The van der Waals surface area contributed by atoms with E-state index in [1.165, 1.54) is 19.2 Å². The highest BCUT2D eigenvalue weighted by molar-refractivity contribution is 5.89. The molecule has 1 heterocycles. The lowest BCUT2D eigenvalue weighted by atomic mass is 10.1. The lowest BCUT2D eigenvalue weighted by Gasteiger charge is -2.11. The van der Waals surface area contributed by atoms with E-state index >= 15 is 0 Å². The first-order chi connectivity index (χ1) is 14.3. The summed E-state index contributed by atoms with van der Waals surface area (Å²) in [5.41, 5.74) is -1.11. The molecule has 30 heavy (non-hydrogen) atoms. The normalized spacial score (nSPS) is 11.1. The van der Waals surface area contributed by atoms with Crippen LogP contribution >= 0.6 is 0 Å². The molecule has 2 aromatic carbocycles. The average Bonchev–Trinajstić information content (AvgIpc) is 2.74. The Morgan fingerprint density at radius 1 is 1.03 bits per heavy atom. The van der Waals surface area contributed by atoms with Crippen molar-refractivity contribution in [2.75, 3.05) is 13.7 Å². The van der Waals surface area contributed by atoms with Gasteiger partial charge in [0.2, 0.25) is 5.69 Å². The highest BCUT2D eigenvalue weighted by atomic mass is 19.4. The third kappa shape index (κ3) is 4.83. The molecule has 3 aromatic rings. The smallest absolute Gasteiger partial charge is 0.416 e. The number of carbonyl (C=O) groups excluding carboxylic acids is 1. The second-order valence-electron chi connectivity index (χ2n) is 5.87. The van der Waals surface area contributed by atoms with Gasteiger partial charge in [-0.1, -0.05) is 12.1 Å². The monoisotopic (exact) mass is 419 g/mol. The van der Waals surface area contributed by atoms with Crippen LogP contribution in [0.15, 0.2) is 48.5 Å². The molecule has 0 N–H and O–H groups in total. The number of alkyl halides is 3. The van der Waals surface area contributed by atoms with E-state index in [4.69, 9.17) is 14.2 Å². The molecule has 0 unspecified atom stereocenters. The summed E-state index contributed by atoms with van der Waals surface area (Å²) in [4.78, 5) is 16.3. The van der Waals surface area contributed by atoms with Crippen LogP contribution in [0.2, 0.25) is 0 Å². The van der Waals surface area contributed by atoms with Crippen molar-refractivity contribution in [3.8, 4) is 28.8 Å². The van der Waals surface area contributed by atoms with E-state index in [-0.39, 0.29) is 29.6 Å². The van der Waals surface area contributed by atoms with Crippen molar-refractivity contribution < 1.29 is 32.2 Å². The third-order valence-electron chi connectivity index (χ3n) is 3.85. The first kappa shape index (κ1) is 21.0. The molecule has 0 saturated carbocycles. The Hall–Kier alpha value is -3.69. The molecule has 0 radical (unpaired) electrons. The summed E-state index contributed by atoms with van der Waals surface area (Å²) in [6, 6.07) is 10.8. The maximum absolute atomic E-state index is 13.0. The van der Waals surface area contributed by atoms with Crippen LogP contribution in [0, 0.1) is 0 Å². The van der Waals surface area contributed by atoms with Gasteiger partial charge < -0.3 is 14.2 Å². The summed E-state index contributed by atoms with van der Waals surface area (Å²) in [6.07, 6.45) is -4.53. The summed E-state index contributed by atoms with van der Waals surface area (Å²) in [6.45, 7) is 1.69. The summed E-state index contributed by atoms with van der Waals surface area (Å²) in [7, 11) is 1.50. The van der Waals surface area contributed by atoms with Gasteiger partial charge in [0.05, 0.1) is 19.3 Å². The zero-order chi connectivity index (χ0) is 21.7. The lowest BCUT2D eigenvalue weighted by Crippen LogP contribution is -2.12. The number of benzene rings is 2. The number of ether oxygens (including phenoxy) is 3. The average molecular weight is 419 g/mol. The maximum Gasteiger partial charge on any atom is 0.416 e. The van der Waals surface area contributed by atoms with Gasteiger partial charge in [-0.05, 0) is 43.3 Å². The number of halogens is 3. The zero-order valence-electron chi connectivity index (χ0n) is 15.9. The van der Waals surface area contributed by atoms with Crippen LogP contribution in [0.4, 0.5) is 13.2 Å². The second kappa shape index (κ2) is 8.76. The summed E-state index contributed by atoms with van der Waals surface area (Å²) < 4.78 is 54.7. The van der Waals surface area contributed by atoms with Crippen LogP contribution in [0.25, 0.3) is 11.4 Å². The van der Waals surface area contributed by atoms with Crippen molar-refractivity contribution >= 4 is 5.97 Å². The van der Waals surface area contributed by atoms with Crippen LogP contribution in [0.3, 0.4) is 0 Å². The van der Waals surface area contributed by atoms with Crippen molar-refractivity contribution in [3.63, 3.8) is 0 Å². The Morgan fingerprint density at radius 2 is 1.73 bits per heavy atom. The van der Waals surface area contributed by atoms with E-state index in [1.807, 2.05) is 0 Å². The first-order valence-electron chi connectivity index (χ1n) is 8.73. The van der Waals surface area contributed by atoms with Crippen molar-refractivity contribution in [2.45, 2.75) is 13.1 Å². The second-order valence-corrected chi connectivity index (χ2v) is 5.87. The van der Waals surface area contributed by atoms with E-state index in [2.05, 4.69) is 15.2 Å². The van der Waals surface area contributed by atoms with E-state index in [0.717, 1.165) is 12.1 Å². The van der Waals surface area contributed by atoms with E-state index in [0.29, 0.717) is 11.5 Å². The molecule has 10 heteroatoms. The van der Waals surface area contributed by atoms with Gasteiger partial charge in [-0.3, -0.25) is 0 Å². The van der Waals surface area contributed by atoms with Crippen LogP contribution in [-0.2, 0) is 10.9 Å². The number of methoxy groups -OCH3 is 1. The number of rotatable bonds is 6. The SMILES string of the molecule is CCOC(=O)c1nnc(-c2cccc(C(F)(F)F)c2)nc1Oc1ccc(OC)cc1. The topological polar surface area (TPSA) is 83.4 Å². The molecule has 0 aliphatic rings. The first-order valence-corrected chi connectivity index (χ1v) is 8.73. The highest BCUT2D eigenvalue weighted by Crippen LogP contribution is 2.32. The fourth-order valence-electron chi connectivity index (χ4n) is 2.42. The minimum absolute atomic E-state index is 0.0623. The van der Waals surface area contributed by atoms with E-state index in [1.54, 1.807) is 31.2 Å². The number of esters is 1. The molecule has 0 atom stereocenters. The molecule has 7 nitrogen and oxygen atoms in total. The summed E-state index contributed by atoms with van der Waals surface area (Å²) in [5.74, 6) is -0.328. The fourth-order valence-corrected chi connectivity index (χ4v) is 2.42. The molecule has 1 aromatic heterocycles. The van der Waals surface area contributed by atoms with Gasteiger partial charge in [0.1, 0.15) is 11.5 Å². The van der Waals surface area contributed by atoms with Crippen LogP contribution in [-0.4, -0.2) is 34.9 Å². The predicted molar refractivity (Wildman–Crippen MR) is 99.3 cm³/mol. The number of nitrogens with zero attached hydrogens (tertiary/aromatic N) is 3. The molecule has 0 saturated heterocycles. The lowest BCUT2D eigenvalue weighted by molar-refractivity contribution is -0.137. The molecular formula is C20H16F3N3O4. The Balaban J connectivity index is 2.02. The van der Waals surface area contributed by atoms with E-state index in [9.17, 15) is 18.0 Å². The van der Waals surface area contributed by atoms with Crippen molar-refractivity contribution in [1.29, 1.82) is 0 Å². The number of hydrogen-bond donors (Lipinski definition) is 0. The minimum atomic E-state index is -4.53. The quantitative estimate of drug-likeness (QED) is 0.543. The maximum atomic E-state index is 13.0. The van der Waals surface area contributed by atoms with Crippen LogP contribution in [0.5, 0.6) is 17.4 Å². The van der Waals surface area contributed by atoms with Crippen LogP contribution < -0.4 is 9.47 Å². The zero-order valence-corrected chi connectivity index (χ0v) is 15.9. The summed E-state index contributed by atoms with van der Waals surface area (Å²) >= 11 is 0. The molecule has 0 amide bonds. The van der Waals surface area contributed by atoms with Crippen molar-refractivity contribution in [1.82, 2.24) is 15.2 Å². The standard InChI is InChI=1S/C20H16F3N3O4/c1-3-29-19(27)16-18(30-15-9-7-14(28-2)8-10-15)24-17(26-25-16)12-5-4-6-13(11-12)20(21,22)23/h4-11H,3H2,1-2H3. The summed E-state index contributed by atoms with van der Waals surface area (Å²) in [5, 5.41) is 7.55. The van der Waals surface area contributed by atoms with Gasteiger partial charge in [-0.2, -0.15) is 18.2 Å². The van der Waals surface area contributed by atoms with Gasteiger partial charge in [-0.15, -0.1) is 10.2 Å². The Kier molecular flexibility index (Phi) is 6.14. The number of aromatic nitrogens is 3. The van der Waals surface area contributed by atoms with Gasteiger partial charge in [0, 0.05) is 5.56 Å². The Bertz CT molecular complexity index is 1040. The van der Waals surface area contributed by atoms with E-state index < -0.39 is 17.7 Å². The molecule has 0 bridgehead atoms. The molecule has 0 aliphatic carbocycles. The Labute approximate surface area is 169 Å². The molecule has 0 aliphatic heterocycles. The predicted octanol–water partition coefficient (Wildman–Crippen LogP) is 4.54. The van der Waals surface area contributed by atoms with Gasteiger partial charge >= 0.3 is 12.1 Å². The fraction of sp³-hybridized carbons (Fsp3) is 0.200. The van der Waals surface area contributed by atoms with Crippen molar-refractivity contribution in [3.05, 3.63) is 59.8 Å². The minimum Gasteiger partial charge on any atom is -0.497 e. The van der Waals surface area contributed by atoms with Gasteiger partial charge in [-0.25, -0.2) is 4.79 Å². The van der Waals surface area contributed by atoms with Crippen molar-refractivity contribution in [2.24, 2.45) is 0 Å². The molecule has 0 spiro atoms. The largest absolute Gasteiger partial charge is 0.497 e. The molecule has 156 valence electrons. The number of hydrogen-bond acceptors (Lipinski definition) is 7. The third-order valence-corrected chi connectivity index (χ3v) is 3.85. The van der Waals surface area contributed by atoms with Gasteiger partial charge in [0.15, 0.2) is 5.82 Å². The Morgan fingerprint density at radius 3 is 2.37 bits per heavy atom. The van der Waals surface area contributed by atoms with Crippen LogP contribution in [0.1, 0.15) is 23.0 Å².